The fourth-order valence-electron chi connectivity index (χ4n) is 12.4. The van der Waals surface area contributed by atoms with Crippen LogP contribution in [-0.4, -0.2) is 46.7 Å². The highest BCUT2D eigenvalue weighted by Gasteiger charge is 2.70. The maximum absolute atomic E-state index is 13.8. The van der Waals surface area contributed by atoms with Crippen LogP contribution in [0.2, 0.25) is 0 Å². The Labute approximate surface area is 287 Å². The Morgan fingerprint density at radius 1 is 0.875 bits per heavy atom. The van der Waals surface area contributed by atoms with Gasteiger partial charge in [-0.15, -0.1) is 0 Å². The van der Waals surface area contributed by atoms with Crippen molar-refractivity contribution < 1.29 is 33.8 Å². The van der Waals surface area contributed by atoms with E-state index in [1.165, 1.54) is 5.57 Å². The number of Topliss-reactive ketones (excluding diaryl/α,β-unsaturated/α-hetero) is 1. The summed E-state index contributed by atoms with van der Waals surface area (Å²) in [5.74, 6) is -0.0506. The maximum Gasteiger partial charge on any atom is 0.408 e. The second-order valence-corrected chi connectivity index (χ2v) is 19.1. The summed E-state index contributed by atoms with van der Waals surface area (Å²) in [4.78, 5) is 51.8. The molecule has 1 amide bonds. The number of hydrogen-bond donors (Lipinski definition) is 2. The largest absolute Gasteiger partial charge is 0.481 e. The van der Waals surface area contributed by atoms with E-state index in [0.29, 0.717) is 18.3 Å². The number of esters is 1. The molecule has 8 atom stereocenters. The minimum atomic E-state index is -1.16. The third-order valence-corrected chi connectivity index (χ3v) is 15.5. The number of fused-ring (bicyclic) bond motifs is 7. The van der Waals surface area contributed by atoms with Crippen molar-refractivity contribution in [3.8, 4) is 0 Å². The summed E-state index contributed by atoms with van der Waals surface area (Å²) >= 11 is 0. The van der Waals surface area contributed by atoms with Crippen molar-refractivity contribution in [3.05, 3.63) is 11.1 Å². The fraction of sp³-hybridized carbons (Fsp3) is 0.850. The molecule has 268 valence electrons. The summed E-state index contributed by atoms with van der Waals surface area (Å²) in [5, 5.41) is 12.9. The van der Waals surface area contributed by atoms with E-state index < -0.39 is 22.9 Å². The van der Waals surface area contributed by atoms with E-state index in [1.807, 2.05) is 0 Å². The molecule has 2 N–H and O–H groups in total. The Bertz CT molecular complexity index is 1410. The van der Waals surface area contributed by atoms with Crippen molar-refractivity contribution in [1.29, 1.82) is 0 Å². The molecule has 5 fully saturated rings. The standard InChI is InChI=1S/C40H61NO7/c1-23(2)31-26(42)21-40(41-34(46)47-24-11-10-12-24)20-19-38(8)25(32(31)40)13-14-28-37(7)17-16-29(48-30(43)22-35(3,4)33(44)45)36(5,6)27(37)15-18-39(28,38)9/h23-25,27-29H,10-22H2,1-9H3,(H,41,46)(H,44,45)/t25?,27?,28?,29-,37-,38+,39+,40+/m0/s1. The molecule has 3 unspecified atom stereocenters. The van der Waals surface area contributed by atoms with Crippen LogP contribution in [0.4, 0.5) is 4.79 Å². The Morgan fingerprint density at radius 2 is 1.56 bits per heavy atom. The molecule has 0 aliphatic heterocycles. The number of carbonyl (C=O) groups is 4. The number of hydrogen-bond acceptors (Lipinski definition) is 6. The van der Waals surface area contributed by atoms with Crippen LogP contribution in [0.15, 0.2) is 11.1 Å². The van der Waals surface area contributed by atoms with E-state index >= 15 is 0 Å². The SMILES string of the molecule is CC(C)C1=C2C3CCC4[C@@]5(C)CC[C@H](OC(=O)CC(C)(C)C(=O)O)C(C)(C)C5CC[C@@]4(C)[C@]3(C)CC[C@@]2(NC(=O)OC2CCC2)CC1=O. The number of ether oxygens (including phenoxy) is 2. The highest BCUT2D eigenvalue weighted by Crippen LogP contribution is 2.76. The smallest absolute Gasteiger partial charge is 0.408 e. The lowest BCUT2D eigenvalue weighted by atomic mass is 9.33. The van der Waals surface area contributed by atoms with Gasteiger partial charge in [0.1, 0.15) is 12.2 Å². The van der Waals surface area contributed by atoms with Crippen molar-refractivity contribution in [3.63, 3.8) is 0 Å². The van der Waals surface area contributed by atoms with Gasteiger partial charge in [-0.05, 0) is 136 Å². The first-order valence-corrected chi connectivity index (χ1v) is 18.9. The molecule has 5 saturated carbocycles. The molecule has 0 aromatic carbocycles. The van der Waals surface area contributed by atoms with E-state index in [1.54, 1.807) is 13.8 Å². The molecule has 0 radical (unpaired) electrons. The highest BCUT2D eigenvalue weighted by molar-refractivity contribution is 6.02. The Morgan fingerprint density at radius 3 is 2.17 bits per heavy atom. The number of carboxylic acid groups (broad SMARTS) is 1. The van der Waals surface area contributed by atoms with Gasteiger partial charge in [-0.25, -0.2) is 4.79 Å². The molecular formula is C40H61NO7. The normalized spacial score (nSPS) is 40.6. The number of nitrogens with one attached hydrogen (secondary N) is 1. The van der Waals surface area contributed by atoms with Crippen LogP contribution in [0.25, 0.3) is 0 Å². The number of carbonyl (C=O) groups excluding carboxylic acids is 3. The summed E-state index contributed by atoms with van der Waals surface area (Å²) in [7, 11) is 0. The van der Waals surface area contributed by atoms with Gasteiger partial charge in [-0.2, -0.15) is 0 Å². The van der Waals surface area contributed by atoms with Crippen LogP contribution in [-0.2, 0) is 23.9 Å². The number of alkyl carbamates (subject to hydrolysis) is 1. The zero-order chi connectivity index (χ0) is 35.2. The predicted molar refractivity (Wildman–Crippen MR) is 183 cm³/mol. The van der Waals surface area contributed by atoms with Crippen molar-refractivity contribution in [2.45, 2.75) is 164 Å². The molecule has 6 aliphatic carbocycles. The van der Waals surface area contributed by atoms with Crippen molar-refractivity contribution >= 4 is 23.8 Å². The third-order valence-electron chi connectivity index (χ3n) is 15.5. The van der Waals surface area contributed by atoms with Gasteiger partial charge in [0, 0.05) is 11.8 Å². The Balaban J connectivity index is 1.28. The summed E-state index contributed by atoms with van der Waals surface area (Å²) in [6, 6.07) is 0. The van der Waals surface area contributed by atoms with Gasteiger partial charge in [0.15, 0.2) is 5.78 Å². The Kier molecular flexibility index (Phi) is 8.55. The average molecular weight is 668 g/mol. The van der Waals surface area contributed by atoms with Crippen LogP contribution >= 0.6 is 0 Å². The number of carboxylic acids is 1. The number of ketones is 1. The van der Waals surface area contributed by atoms with E-state index in [0.717, 1.165) is 76.2 Å². The third kappa shape index (κ3) is 5.18. The minimum absolute atomic E-state index is 0.00548. The fourth-order valence-corrected chi connectivity index (χ4v) is 12.4. The van der Waals surface area contributed by atoms with Gasteiger partial charge < -0.3 is 19.9 Å². The highest BCUT2D eigenvalue weighted by atomic mass is 16.6. The number of rotatable bonds is 7. The van der Waals surface area contributed by atoms with Crippen LogP contribution < -0.4 is 5.32 Å². The van der Waals surface area contributed by atoms with E-state index in [9.17, 15) is 24.3 Å². The molecule has 0 spiro atoms. The minimum Gasteiger partial charge on any atom is -0.481 e. The molecule has 0 aromatic rings. The zero-order valence-corrected chi connectivity index (χ0v) is 31.1. The molecule has 48 heavy (non-hydrogen) atoms. The second kappa shape index (κ2) is 11.6. The van der Waals surface area contributed by atoms with Crippen molar-refractivity contribution in [2.24, 2.45) is 50.7 Å². The molecular weight excluding hydrogens is 606 g/mol. The summed E-state index contributed by atoms with van der Waals surface area (Å²) in [5.41, 5.74) is 0.199. The van der Waals surface area contributed by atoms with Crippen molar-refractivity contribution in [2.75, 3.05) is 0 Å². The lowest BCUT2D eigenvalue weighted by Crippen LogP contribution is -2.67. The maximum atomic E-state index is 13.8. The van der Waals surface area contributed by atoms with Crippen molar-refractivity contribution in [1.82, 2.24) is 5.32 Å². The monoisotopic (exact) mass is 667 g/mol. The van der Waals surface area contributed by atoms with E-state index in [4.69, 9.17) is 9.47 Å². The average Bonchev–Trinajstić information content (AvgIpc) is 3.24. The molecule has 0 aromatic heterocycles. The molecule has 6 aliphatic rings. The topological polar surface area (TPSA) is 119 Å². The lowest BCUT2D eigenvalue weighted by Gasteiger charge is -2.72. The first-order valence-electron chi connectivity index (χ1n) is 18.9. The zero-order valence-electron chi connectivity index (χ0n) is 31.1. The van der Waals surface area contributed by atoms with Gasteiger partial charge in [0.25, 0.3) is 0 Å². The number of aliphatic carboxylic acids is 1. The van der Waals surface area contributed by atoms with Crippen LogP contribution in [0.1, 0.15) is 146 Å². The van der Waals surface area contributed by atoms with Crippen LogP contribution in [0, 0.1) is 50.7 Å². The first kappa shape index (κ1) is 35.4. The number of amides is 1. The molecule has 0 saturated heterocycles. The number of allylic oxidation sites excluding steroid dienone is 1. The summed E-state index contributed by atoms with van der Waals surface area (Å²) < 4.78 is 11.9. The van der Waals surface area contributed by atoms with Gasteiger partial charge >= 0.3 is 18.0 Å². The van der Waals surface area contributed by atoms with Gasteiger partial charge in [-0.3, -0.25) is 14.4 Å². The van der Waals surface area contributed by atoms with Gasteiger partial charge in [0.05, 0.1) is 17.4 Å². The molecule has 8 nitrogen and oxygen atoms in total. The van der Waals surface area contributed by atoms with E-state index in [-0.39, 0.29) is 64.0 Å². The van der Waals surface area contributed by atoms with Gasteiger partial charge in [-0.1, -0.05) is 48.5 Å². The lowest BCUT2D eigenvalue weighted by molar-refractivity contribution is -0.232. The molecule has 0 heterocycles. The quantitative estimate of drug-likeness (QED) is 0.262. The second-order valence-electron chi connectivity index (χ2n) is 19.1. The van der Waals surface area contributed by atoms with Crippen LogP contribution in [0.5, 0.6) is 0 Å². The molecule has 0 bridgehead atoms. The van der Waals surface area contributed by atoms with E-state index in [2.05, 4.69) is 53.8 Å². The first-order chi connectivity index (χ1) is 22.2. The Hall–Kier alpha value is -2.38. The molecule has 8 heteroatoms. The van der Waals surface area contributed by atoms with Crippen LogP contribution in [0.3, 0.4) is 0 Å². The molecule has 6 rings (SSSR count). The summed E-state index contributed by atoms with van der Waals surface area (Å²) in [6.45, 7) is 19.5. The van der Waals surface area contributed by atoms with Gasteiger partial charge in [0.2, 0.25) is 0 Å². The predicted octanol–water partition coefficient (Wildman–Crippen LogP) is 8.41. The summed E-state index contributed by atoms with van der Waals surface area (Å²) in [6.07, 6.45) is 10.2.